The lowest BCUT2D eigenvalue weighted by atomic mass is 10.1. The third kappa shape index (κ3) is 6.65. The first-order valence-corrected chi connectivity index (χ1v) is 9.04. The second kappa shape index (κ2) is 10.6. The van der Waals surface area contributed by atoms with Crippen LogP contribution in [0.5, 0.6) is 0 Å². The summed E-state index contributed by atoms with van der Waals surface area (Å²) < 4.78 is 10.0. The van der Waals surface area contributed by atoms with Gasteiger partial charge in [0.25, 0.3) is 0 Å². The van der Waals surface area contributed by atoms with Crippen LogP contribution in [0.3, 0.4) is 0 Å². The van der Waals surface area contributed by atoms with Crippen molar-refractivity contribution in [3.8, 4) is 0 Å². The molecule has 148 valence electrons. The molecule has 0 spiro atoms. The van der Waals surface area contributed by atoms with Crippen molar-refractivity contribution in [1.29, 1.82) is 0 Å². The molecule has 1 aliphatic heterocycles. The Labute approximate surface area is 159 Å². The maximum atomic E-state index is 12.3. The zero-order chi connectivity index (χ0) is 19.6. The van der Waals surface area contributed by atoms with E-state index in [4.69, 9.17) is 9.47 Å². The summed E-state index contributed by atoms with van der Waals surface area (Å²) >= 11 is 0. The molecule has 1 fully saturated rings. The van der Waals surface area contributed by atoms with E-state index in [0.717, 1.165) is 19.6 Å². The number of carbonyl (C=O) groups is 3. The summed E-state index contributed by atoms with van der Waals surface area (Å²) in [6, 6.07) is 6.66. The summed E-state index contributed by atoms with van der Waals surface area (Å²) in [5, 5.41) is 2.72. The smallest absolute Gasteiger partial charge is 0.339 e. The molecule has 1 aromatic rings. The van der Waals surface area contributed by atoms with Crippen LogP contribution in [0.2, 0.25) is 0 Å². The number of esters is 1. The molecule has 1 aliphatic rings. The zero-order valence-corrected chi connectivity index (χ0v) is 15.9. The summed E-state index contributed by atoms with van der Waals surface area (Å²) in [6.45, 7) is 6.30. The Morgan fingerprint density at radius 3 is 2.56 bits per heavy atom. The third-order valence-electron chi connectivity index (χ3n) is 4.45. The summed E-state index contributed by atoms with van der Waals surface area (Å²) in [5.41, 5.74) is 0.695. The Hall–Kier alpha value is -2.45. The maximum Gasteiger partial charge on any atom is 0.339 e. The number of ether oxygens (including phenoxy) is 2. The van der Waals surface area contributed by atoms with Crippen LogP contribution in [-0.4, -0.2) is 80.6 Å². The van der Waals surface area contributed by atoms with Crippen molar-refractivity contribution in [2.45, 2.75) is 13.3 Å². The Morgan fingerprint density at radius 1 is 1.19 bits per heavy atom. The highest BCUT2D eigenvalue weighted by Gasteiger charge is 2.17. The Balaban J connectivity index is 1.85. The molecule has 2 amide bonds. The highest BCUT2D eigenvalue weighted by Crippen LogP contribution is 2.16. The van der Waals surface area contributed by atoms with E-state index in [1.807, 2.05) is 0 Å². The van der Waals surface area contributed by atoms with Gasteiger partial charge in [-0.05, 0) is 12.1 Å². The molecule has 0 saturated carbocycles. The average Bonchev–Trinajstić information content (AvgIpc) is 2.68. The number of nitrogens with zero attached hydrogens (tertiary/aromatic N) is 2. The van der Waals surface area contributed by atoms with Crippen LogP contribution in [0, 0.1) is 0 Å². The van der Waals surface area contributed by atoms with Crippen LogP contribution in [-0.2, 0) is 19.1 Å². The number of methoxy groups -OCH3 is 1. The standard InChI is InChI=1S/C19H27N3O5/c1-15(23)22(10-9-21-11-13-27-14-12-21)8-7-18(24)20-17-6-4-3-5-16(17)19(25)26-2/h3-6H,7-14H2,1-2H3,(H,20,24). The van der Waals surface area contributed by atoms with Crippen LogP contribution >= 0.6 is 0 Å². The van der Waals surface area contributed by atoms with Crippen molar-refractivity contribution in [1.82, 2.24) is 9.80 Å². The first kappa shape index (κ1) is 20.9. The molecule has 0 aliphatic carbocycles. The molecule has 0 bridgehead atoms. The SMILES string of the molecule is COC(=O)c1ccccc1NC(=O)CCN(CCN1CCOCC1)C(C)=O. The molecule has 27 heavy (non-hydrogen) atoms. The van der Waals surface area contributed by atoms with Gasteiger partial charge in [-0.25, -0.2) is 4.79 Å². The molecule has 8 nitrogen and oxygen atoms in total. The number of morpholine rings is 1. The first-order valence-electron chi connectivity index (χ1n) is 9.04. The van der Waals surface area contributed by atoms with E-state index in [1.54, 1.807) is 29.2 Å². The molecular formula is C19H27N3O5. The van der Waals surface area contributed by atoms with Gasteiger partial charge in [-0.15, -0.1) is 0 Å². The topological polar surface area (TPSA) is 88.2 Å². The van der Waals surface area contributed by atoms with E-state index in [1.165, 1.54) is 14.0 Å². The van der Waals surface area contributed by atoms with E-state index in [-0.39, 0.29) is 18.2 Å². The number of para-hydroxylation sites is 1. The molecular weight excluding hydrogens is 350 g/mol. The van der Waals surface area contributed by atoms with Gasteiger partial charge >= 0.3 is 5.97 Å². The molecule has 1 saturated heterocycles. The van der Waals surface area contributed by atoms with Crippen LogP contribution in [0.1, 0.15) is 23.7 Å². The van der Waals surface area contributed by atoms with Gasteiger partial charge in [0.1, 0.15) is 0 Å². The predicted octanol–water partition coefficient (Wildman–Crippen LogP) is 0.983. The molecule has 1 N–H and O–H groups in total. The molecule has 1 aromatic carbocycles. The van der Waals surface area contributed by atoms with Crippen LogP contribution in [0.25, 0.3) is 0 Å². The number of nitrogens with one attached hydrogen (secondary N) is 1. The van der Waals surface area contributed by atoms with Crippen LogP contribution < -0.4 is 5.32 Å². The normalized spacial score (nSPS) is 14.4. The predicted molar refractivity (Wildman–Crippen MR) is 101 cm³/mol. The van der Waals surface area contributed by atoms with Gasteiger partial charge in [-0.2, -0.15) is 0 Å². The van der Waals surface area contributed by atoms with E-state index in [9.17, 15) is 14.4 Å². The fourth-order valence-corrected chi connectivity index (χ4v) is 2.84. The molecule has 0 radical (unpaired) electrons. The minimum Gasteiger partial charge on any atom is -0.465 e. The summed E-state index contributed by atoms with van der Waals surface area (Å²) in [7, 11) is 1.29. The highest BCUT2D eigenvalue weighted by molar-refractivity contribution is 6.01. The molecule has 0 aromatic heterocycles. The van der Waals surface area contributed by atoms with Crippen molar-refractivity contribution in [3.05, 3.63) is 29.8 Å². The van der Waals surface area contributed by atoms with Gasteiger partial charge in [0.2, 0.25) is 11.8 Å². The van der Waals surface area contributed by atoms with Gasteiger partial charge in [0.15, 0.2) is 0 Å². The van der Waals surface area contributed by atoms with Crippen molar-refractivity contribution >= 4 is 23.5 Å². The lowest BCUT2D eigenvalue weighted by molar-refractivity contribution is -0.129. The summed E-state index contributed by atoms with van der Waals surface area (Å²) in [4.78, 5) is 39.8. The van der Waals surface area contributed by atoms with E-state index >= 15 is 0 Å². The Kier molecular flexibility index (Phi) is 8.22. The van der Waals surface area contributed by atoms with E-state index in [2.05, 4.69) is 10.2 Å². The van der Waals surface area contributed by atoms with Gasteiger partial charge in [-0.3, -0.25) is 14.5 Å². The molecule has 8 heteroatoms. The number of hydrogen-bond acceptors (Lipinski definition) is 6. The monoisotopic (exact) mass is 377 g/mol. The maximum absolute atomic E-state index is 12.3. The second-order valence-corrected chi connectivity index (χ2v) is 6.30. The third-order valence-corrected chi connectivity index (χ3v) is 4.45. The zero-order valence-electron chi connectivity index (χ0n) is 15.9. The Bertz CT molecular complexity index is 659. The van der Waals surface area contributed by atoms with E-state index < -0.39 is 5.97 Å². The molecule has 1 heterocycles. The number of anilines is 1. The minimum atomic E-state index is -0.512. The lowest BCUT2D eigenvalue weighted by Gasteiger charge is -2.29. The molecule has 0 unspecified atom stereocenters. The van der Waals surface area contributed by atoms with Crippen molar-refractivity contribution < 1.29 is 23.9 Å². The second-order valence-electron chi connectivity index (χ2n) is 6.30. The number of carbonyl (C=O) groups excluding carboxylic acids is 3. The summed E-state index contributed by atoms with van der Waals surface area (Å²) in [5.74, 6) is -0.836. The van der Waals surface area contributed by atoms with Crippen molar-refractivity contribution in [3.63, 3.8) is 0 Å². The number of hydrogen-bond donors (Lipinski definition) is 1. The number of amides is 2. The molecule has 2 rings (SSSR count). The number of benzene rings is 1. The van der Waals surface area contributed by atoms with Crippen molar-refractivity contribution in [2.75, 3.05) is 58.4 Å². The Morgan fingerprint density at radius 2 is 1.89 bits per heavy atom. The summed E-state index contributed by atoms with van der Waals surface area (Å²) in [6.07, 6.45) is 0.151. The van der Waals surface area contributed by atoms with Gasteiger partial charge in [0.05, 0.1) is 31.6 Å². The van der Waals surface area contributed by atoms with Gasteiger partial charge < -0.3 is 19.7 Å². The quantitative estimate of drug-likeness (QED) is 0.680. The fraction of sp³-hybridized carbons (Fsp3) is 0.526. The lowest BCUT2D eigenvalue weighted by Crippen LogP contribution is -2.43. The number of rotatable bonds is 8. The first-order chi connectivity index (χ1) is 13.0. The van der Waals surface area contributed by atoms with Crippen LogP contribution in [0.15, 0.2) is 24.3 Å². The fourth-order valence-electron chi connectivity index (χ4n) is 2.84. The largest absolute Gasteiger partial charge is 0.465 e. The van der Waals surface area contributed by atoms with Crippen LogP contribution in [0.4, 0.5) is 5.69 Å². The van der Waals surface area contributed by atoms with E-state index in [0.29, 0.717) is 37.6 Å². The molecule has 0 atom stereocenters. The minimum absolute atomic E-state index is 0.0639. The van der Waals surface area contributed by atoms with Crippen molar-refractivity contribution in [2.24, 2.45) is 0 Å². The van der Waals surface area contributed by atoms with Gasteiger partial charge in [0, 0.05) is 46.1 Å². The van der Waals surface area contributed by atoms with Gasteiger partial charge in [-0.1, -0.05) is 12.1 Å². The highest BCUT2D eigenvalue weighted by atomic mass is 16.5. The average molecular weight is 377 g/mol.